The molecule has 1 aromatic heterocycles. The maximum Gasteiger partial charge on any atom is 0.293 e. The quantitative estimate of drug-likeness (QED) is 0.441. The number of anilines is 2. The molecule has 108 valence electrons. The van der Waals surface area contributed by atoms with Crippen LogP contribution in [-0.4, -0.2) is 15.8 Å². The zero-order valence-corrected chi connectivity index (χ0v) is 12.1. The van der Waals surface area contributed by atoms with Gasteiger partial charge in [0.2, 0.25) is 0 Å². The maximum absolute atomic E-state index is 12.1. The van der Waals surface area contributed by atoms with Gasteiger partial charge in [-0.3, -0.25) is 25.7 Å². The molecule has 2 rings (SSSR count). The molecule has 9 heteroatoms. The van der Waals surface area contributed by atoms with E-state index in [1.165, 1.54) is 30.6 Å². The summed E-state index contributed by atoms with van der Waals surface area (Å²) in [5.41, 5.74) is 2.83. The van der Waals surface area contributed by atoms with E-state index >= 15 is 0 Å². The van der Waals surface area contributed by atoms with Gasteiger partial charge >= 0.3 is 0 Å². The van der Waals surface area contributed by atoms with Gasteiger partial charge < -0.3 is 10.7 Å². The summed E-state index contributed by atoms with van der Waals surface area (Å²) in [6, 6.07) is 5.49. The molecule has 0 spiro atoms. The molecule has 1 amide bonds. The molecule has 0 aliphatic rings. The summed E-state index contributed by atoms with van der Waals surface area (Å²) in [6.07, 6.45) is 3.07. The van der Waals surface area contributed by atoms with E-state index < -0.39 is 10.8 Å². The summed E-state index contributed by atoms with van der Waals surface area (Å²) < 4.78 is 0.623. The van der Waals surface area contributed by atoms with Crippen LogP contribution in [0.25, 0.3) is 0 Å². The lowest BCUT2D eigenvalue weighted by Gasteiger charge is -2.08. The van der Waals surface area contributed by atoms with E-state index in [9.17, 15) is 14.9 Å². The average Bonchev–Trinajstić information content (AvgIpc) is 2.48. The van der Waals surface area contributed by atoms with Crippen LogP contribution in [0.4, 0.5) is 17.1 Å². The van der Waals surface area contributed by atoms with Gasteiger partial charge in [-0.2, -0.15) is 0 Å². The lowest BCUT2D eigenvalue weighted by Crippen LogP contribution is -2.14. The first-order chi connectivity index (χ1) is 10.0. The number of nitrogens with one attached hydrogen (secondary N) is 2. The fourth-order valence-corrected chi connectivity index (χ4v) is 1.97. The molecule has 0 fully saturated rings. The third-order valence-corrected chi connectivity index (χ3v) is 3.26. The fraction of sp³-hybridized carbons (Fsp3) is 0. The van der Waals surface area contributed by atoms with Crippen LogP contribution in [0.5, 0.6) is 0 Å². The van der Waals surface area contributed by atoms with E-state index in [1.807, 2.05) is 0 Å². The van der Waals surface area contributed by atoms with E-state index in [2.05, 4.69) is 31.7 Å². The first-order valence-electron chi connectivity index (χ1n) is 5.69. The van der Waals surface area contributed by atoms with Crippen molar-refractivity contribution in [1.29, 1.82) is 0 Å². The fourth-order valence-electron chi connectivity index (χ4n) is 1.62. The Labute approximate surface area is 127 Å². The molecule has 0 saturated carbocycles. The number of pyridine rings is 1. The number of rotatable bonds is 4. The average molecular weight is 352 g/mol. The van der Waals surface area contributed by atoms with Gasteiger partial charge in [-0.05, 0) is 34.1 Å². The third-order valence-electron chi connectivity index (χ3n) is 2.63. The van der Waals surface area contributed by atoms with Crippen molar-refractivity contribution >= 4 is 38.9 Å². The molecule has 0 radical (unpaired) electrons. The van der Waals surface area contributed by atoms with Crippen LogP contribution in [0.15, 0.2) is 41.1 Å². The highest BCUT2D eigenvalue weighted by atomic mass is 79.9. The SMILES string of the molecule is NNc1cc(C(=O)Nc2ccncc2Br)ccc1[N+](=O)[O-]. The summed E-state index contributed by atoms with van der Waals surface area (Å²) in [4.78, 5) is 26.2. The predicted molar refractivity (Wildman–Crippen MR) is 80.8 cm³/mol. The van der Waals surface area contributed by atoms with Crippen LogP contribution >= 0.6 is 15.9 Å². The summed E-state index contributed by atoms with van der Waals surface area (Å²) in [5.74, 6) is 4.81. The molecule has 0 bridgehead atoms. The minimum absolute atomic E-state index is 0.0569. The topological polar surface area (TPSA) is 123 Å². The van der Waals surface area contributed by atoms with E-state index in [4.69, 9.17) is 5.84 Å². The van der Waals surface area contributed by atoms with Gasteiger partial charge in [-0.25, -0.2) is 0 Å². The van der Waals surface area contributed by atoms with E-state index in [0.717, 1.165) is 0 Å². The van der Waals surface area contributed by atoms with Gasteiger partial charge in [0, 0.05) is 24.0 Å². The smallest absolute Gasteiger partial charge is 0.293 e. The number of hydrogen-bond acceptors (Lipinski definition) is 6. The molecule has 0 atom stereocenters. The van der Waals surface area contributed by atoms with Crippen molar-refractivity contribution in [2.24, 2.45) is 5.84 Å². The van der Waals surface area contributed by atoms with E-state index in [0.29, 0.717) is 10.2 Å². The largest absolute Gasteiger partial charge is 0.321 e. The summed E-state index contributed by atoms with van der Waals surface area (Å²) in [6.45, 7) is 0. The standard InChI is InChI=1S/C12H10BrN5O3/c13-8-6-15-4-3-9(8)16-12(19)7-1-2-11(18(20)21)10(5-7)17-14/h1-6,17H,14H2,(H,15,16,19). The molecular formula is C12H10BrN5O3. The molecule has 21 heavy (non-hydrogen) atoms. The number of nitrogen functional groups attached to an aromatic ring is 1. The zero-order chi connectivity index (χ0) is 15.4. The van der Waals surface area contributed by atoms with Crippen molar-refractivity contribution in [3.63, 3.8) is 0 Å². The Kier molecular flexibility index (Phi) is 4.45. The number of hydrazine groups is 1. The molecule has 4 N–H and O–H groups in total. The highest BCUT2D eigenvalue weighted by Crippen LogP contribution is 2.26. The first kappa shape index (κ1) is 14.9. The lowest BCUT2D eigenvalue weighted by molar-refractivity contribution is -0.384. The minimum atomic E-state index is -0.587. The van der Waals surface area contributed by atoms with Crippen molar-refractivity contribution < 1.29 is 9.72 Å². The summed E-state index contributed by atoms with van der Waals surface area (Å²) in [5, 5.41) is 13.5. The van der Waals surface area contributed by atoms with Crippen molar-refractivity contribution in [2.75, 3.05) is 10.7 Å². The first-order valence-corrected chi connectivity index (χ1v) is 6.48. The highest BCUT2D eigenvalue weighted by Gasteiger charge is 2.16. The number of nitro groups is 1. The van der Waals surface area contributed by atoms with Crippen LogP contribution in [0.2, 0.25) is 0 Å². The van der Waals surface area contributed by atoms with E-state index in [-0.39, 0.29) is 16.9 Å². The molecular weight excluding hydrogens is 342 g/mol. The number of carbonyl (C=O) groups is 1. The Morgan fingerprint density at radius 1 is 1.33 bits per heavy atom. The number of halogens is 1. The Hall–Kier alpha value is -2.52. The van der Waals surface area contributed by atoms with Crippen LogP contribution < -0.4 is 16.6 Å². The molecule has 1 aromatic carbocycles. The summed E-state index contributed by atoms with van der Waals surface area (Å²) in [7, 11) is 0. The van der Waals surface area contributed by atoms with E-state index in [1.54, 1.807) is 6.07 Å². The van der Waals surface area contributed by atoms with Crippen molar-refractivity contribution in [3.8, 4) is 0 Å². The Morgan fingerprint density at radius 2 is 2.10 bits per heavy atom. The molecule has 0 unspecified atom stereocenters. The second-order valence-corrected chi connectivity index (χ2v) is 4.80. The Balaban J connectivity index is 2.28. The molecule has 1 heterocycles. The number of benzene rings is 1. The number of hydrogen-bond donors (Lipinski definition) is 3. The molecule has 0 aliphatic carbocycles. The number of aromatic nitrogens is 1. The van der Waals surface area contributed by atoms with Crippen molar-refractivity contribution in [3.05, 3.63) is 56.8 Å². The number of nitro benzene ring substituents is 1. The van der Waals surface area contributed by atoms with Gasteiger partial charge in [-0.15, -0.1) is 0 Å². The van der Waals surface area contributed by atoms with Crippen molar-refractivity contribution in [2.45, 2.75) is 0 Å². The normalized spacial score (nSPS) is 10.0. The van der Waals surface area contributed by atoms with Gasteiger partial charge in [0.1, 0.15) is 5.69 Å². The van der Waals surface area contributed by atoms with Gasteiger partial charge in [0.05, 0.1) is 15.1 Å². The molecule has 2 aromatic rings. The highest BCUT2D eigenvalue weighted by molar-refractivity contribution is 9.10. The van der Waals surface area contributed by atoms with Crippen LogP contribution in [0.1, 0.15) is 10.4 Å². The number of nitrogens with two attached hydrogens (primary N) is 1. The number of carbonyl (C=O) groups excluding carboxylic acids is 1. The Bertz CT molecular complexity index is 707. The second-order valence-electron chi connectivity index (χ2n) is 3.94. The predicted octanol–water partition coefficient (Wildman–Crippen LogP) is 2.29. The second kappa shape index (κ2) is 6.29. The summed E-state index contributed by atoms with van der Waals surface area (Å²) >= 11 is 3.26. The number of amides is 1. The van der Waals surface area contributed by atoms with Crippen LogP contribution in [-0.2, 0) is 0 Å². The zero-order valence-electron chi connectivity index (χ0n) is 10.5. The third kappa shape index (κ3) is 3.33. The molecule has 0 aliphatic heterocycles. The monoisotopic (exact) mass is 351 g/mol. The molecule has 0 saturated heterocycles. The van der Waals surface area contributed by atoms with Gasteiger partial charge in [0.15, 0.2) is 0 Å². The lowest BCUT2D eigenvalue weighted by atomic mass is 10.1. The van der Waals surface area contributed by atoms with Crippen molar-refractivity contribution in [1.82, 2.24) is 4.98 Å². The maximum atomic E-state index is 12.1. The van der Waals surface area contributed by atoms with Gasteiger partial charge in [-0.1, -0.05) is 0 Å². The Morgan fingerprint density at radius 3 is 2.71 bits per heavy atom. The van der Waals surface area contributed by atoms with Crippen LogP contribution in [0.3, 0.4) is 0 Å². The minimum Gasteiger partial charge on any atom is -0.321 e. The van der Waals surface area contributed by atoms with Crippen LogP contribution in [0, 0.1) is 10.1 Å². The molecule has 8 nitrogen and oxygen atoms in total. The van der Waals surface area contributed by atoms with Gasteiger partial charge in [0.25, 0.3) is 11.6 Å². The number of nitrogens with zero attached hydrogens (tertiary/aromatic N) is 2.